The second-order valence-electron chi connectivity index (χ2n) is 7.94. The van der Waals surface area contributed by atoms with E-state index in [1.807, 2.05) is 18.2 Å². The number of nitrogens with zero attached hydrogens (tertiary/aromatic N) is 2. The summed E-state index contributed by atoms with van der Waals surface area (Å²) in [7, 11) is 0. The number of hydrogen-bond donors (Lipinski definition) is 1. The lowest BCUT2D eigenvalue weighted by Crippen LogP contribution is -2.46. The molecule has 31 heavy (non-hydrogen) atoms. The zero-order chi connectivity index (χ0) is 21.8. The highest BCUT2D eigenvalue weighted by molar-refractivity contribution is 5.94. The van der Waals surface area contributed by atoms with Crippen LogP contribution in [0.5, 0.6) is 5.75 Å². The van der Waals surface area contributed by atoms with Crippen LogP contribution >= 0.6 is 0 Å². The van der Waals surface area contributed by atoms with E-state index in [0.29, 0.717) is 13.0 Å². The minimum atomic E-state index is -4.30. The molecule has 1 N–H and O–H groups in total. The maximum absolute atomic E-state index is 12.7. The van der Waals surface area contributed by atoms with Crippen molar-refractivity contribution in [2.75, 3.05) is 49.5 Å². The number of rotatable bonds is 6. The van der Waals surface area contributed by atoms with Crippen LogP contribution in [-0.2, 0) is 17.4 Å². The van der Waals surface area contributed by atoms with E-state index in [2.05, 4.69) is 15.1 Å². The second kappa shape index (κ2) is 9.18. The van der Waals surface area contributed by atoms with Gasteiger partial charge >= 0.3 is 6.18 Å². The Morgan fingerprint density at radius 3 is 2.42 bits per heavy atom. The summed E-state index contributed by atoms with van der Waals surface area (Å²) in [6.07, 6.45) is -2.15. The minimum Gasteiger partial charge on any atom is -0.494 e. The Kier molecular flexibility index (Phi) is 6.36. The van der Waals surface area contributed by atoms with Crippen LogP contribution in [0.4, 0.5) is 24.5 Å². The molecular formula is C23H26F3N3O2. The van der Waals surface area contributed by atoms with Gasteiger partial charge in [0.25, 0.3) is 0 Å². The van der Waals surface area contributed by atoms with E-state index in [0.717, 1.165) is 80.4 Å². The van der Waals surface area contributed by atoms with Gasteiger partial charge in [-0.1, -0.05) is 0 Å². The van der Waals surface area contributed by atoms with E-state index in [9.17, 15) is 18.0 Å². The Morgan fingerprint density at radius 2 is 1.71 bits per heavy atom. The number of halogens is 3. The molecule has 0 unspecified atom stereocenters. The van der Waals surface area contributed by atoms with Crippen molar-refractivity contribution in [3.63, 3.8) is 0 Å². The molecule has 1 saturated heterocycles. The van der Waals surface area contributed by atoms with Crippen molar-refractivity contribution in [3.05, 3.63) is 53.6 Å². The summed E-state index contributed by atoms with van der Waals surface area (Å²) in [5.41, 5.74) is 2.20. The van der Waals surface area contributed by atoms with Gasteiger partial charge in [0.05, 0.1) is 12.2 Å². The van der Waals surface area contributed by atoms with Gasteiger partial charge in [0.15, 0.2) is 0 Å². The summed E-state index contributed by atoms with van der Waals surface area (Å²) >= 11 is 0. The molecule has 0 saturated carbocycles. The normalized spacial score (nSPS) is 17.3. The number of ether oxygens (including phenoxy) is 1. The van der Waals surface area contributed by atoms with Gasteiger partial charge in [0.2, 0.25) is 5.91 Å². The van der Waals surface area contributed by atoms with Crippen molar-refractivity contribution in [1.82, 2.24) is 4.90 Å². The summed E-state index contributed by atoms with van der Waals surface area (Å²) in [6, 6.07) is 11.2. The minimum absolute atomic E-state index is 0.0552. The first-order chi connectivity index (χ1) is 14.9. The Morgan fingerprint density at radius 1 is 0.968 bits per heavy atom. The predicted molar refractivity (Wildman–Crippen MR) is 114 cm³/mol. The number of amides is 1. The van der Waals surface area contributed by atoms with E-state index in [4.69, 9.17) is 4.74 Å². The molecule has 1 amide bonds. The fourth-order valence-electron chi connectivity index (χ4n) is 4.02. The summed E-state index contributed by atoms with van der Waals surface area (Å²) in [6.45, 7) is 4.87. The number of nitrogens with one attached hydrogen (secondary N) is 1. The van der Waals surface area contributed by atoms with Crippen molar-refractivity contribution in [3.8, 4) is 5.75 Å². The zero-order valence-corrected chi connectivity index (χ0v) is 17.3. The third-order valence-corrected chi connectivity index (χ3v) is 5.79. The molecule has 0 radical (unpaired) electrons. The number of piperazine rings is 1. The first-order valence-corrected chi connectivity index (χ1v) is 10.6. The number of benzene rings is 2. The zero-order valence-electron chi connectivity index (χ0n) is 17.3. The third-order valence-electron chi connectivity index (χ3n) is 5.79. The quantitative estimate of drug-likeness (QED) is 0.695. The predicted octanol–water partition coefficient (Wildman–Crippen LogP) is 4.18. The van der Waals surface area contributed by atoms with E-state index in [1.165, 1.54) is 0 Å². The van der Waals surface area contributed by atoms with Crippen LogP contribution in [0.25, 0.3) is 0 Å². The average Bonchev–Trinajstić information content (AvgIpc) is 2.77. The Labute approximate surface area is 179 Å². The molecule has 2 aromatic carbocycles. The number of hydrogen-bond acceptors (Lipinski definition) is 4. The molecule has 1 fully saturated rings. The summed E-state index contributed by atoms with van der Waals surface area (Å²) in [5.74, 6) is 0.876. The molecule has 0 spiro atoms. The van der Waals surface area contributed by atoms with Crippen LogP contribution in [0.15, 0.2) is 42.5 Å². The summed E-state index contributed by atoms with van der Waals surface area (Å²) in [4.78, 5) is 15.9. The van der Waals surface area contributed by atoms with Crippen molar-refractivity contribution in [2.45, 2.75) is 25.4 Å². The maximum atomic E-state index is 12.7. The first kappa shape index (κ1) is 21.5. The van der Waals surface area contributed by atoms with E-state index >= 15 is 0 Å². The molecule has 2 aliphatic rings. The third kappa shape index (κ3) is 5.50. The van der Waals surface area contributed by atoms with Crippen molar-refractivity contribution < 1.29 is 22.7 Å². The van der Waals surface area contributed by atoms with E-state index in [1.54, 1.807) is 12.1 Å². The molecule has 0 aromatic heterocycles. The SMILES string of the molecule is O=C1CCc2cc(OCCCN3CCN(c4ccc(C(F)(F)F)cc4)CC3)ccc2N1. The van der Waals surface area contributed by atoms with Gasteiger partial charge < -0.3 is 15.0 Å². The van der Waals surface area contributed by atoms with Gasteiger partial charge in [0, 0.05) is 50.5 Å². The van der Waals surface area contributed by atoms with Crippen molar-refractivity contribution >= 4 is 17.3 Å². The Bertz CT molecular complexity index is 907. The molecule has 2 aromatic rings. The highest BCUT2D eigenvalue weighted by atomic mass is 19.4. The number of carbonyl (C=O) groups excluding carboxylic acids is 1. The lowest BCUT2D eigenvalue weighted by Gasteiger charge is -2.36. The molecule has 4 rings (SSSR count). The van der Waals surface area contributed by atoms with Crippen LogP contribution in [0, 0.1) is 0 Å². The molecule has 0 aliphatic carbocycles. The van der Waals surface area contributed by atoms with E-state index < -0.39 is 11.7 Å². The van der Waals surface area contributed by atoms with Gasteiger partial charge in [-0.15, -0.1) is 0 Å². The van der Waals surface area contributed by atoms with Crippen molar-refractivity contribution in [2.24, 2.45) is 0 Å². The molecule has 5 nitrogen and oxygen atoms in total. The Hall–Kier alpha value is -2.74. The maximum Gasteiger partial charge on any atom is 0.416 e. The molecule has 166 valence electrons. The fraction of sp³-hybridized carbons (Fsp3) is 0.435. The highest BCUT2D eigenvalue weighted by Gasteiger charge is 2.30. The van der Waals surface area contributed by atoms with Crippen LogP contribution in [0.3, 0.4) is 0 Å². The smallest absolute Gasteiger partial charge is 0.416 e. The lowest BCUT2D eigenvalue weighted by molar-refractivity contribution is -0.137. The monoisotopic (exact) mass is 433 g/mol. The second-order valence-corrected chi connectivity index (χ2v) is 7.94. The largest absolute Gasteiger partial charge is 0.494 e. The molecule has 8 heteroatoms. The molecule has 0 bridgehead atoms. The summed E-state index contributed by atoms with van der Waals surface area (Å²) < 4.78 is 44.0. The van der Waals surface area contributed by atoms with E-state index in [-0.39, 0.29) is 5.91 Å². The number of alkyl halides is 3. The number of carbonyl (C=O) groups is 1. The van der Waals surface area contributed by atoms with Crippen LogP contribution in [0.1, 0.15) is 24.0 Å². The van der Waals surface area contributed by atoms with Gasteiger partial charge in [-0.2, -0.15) is 13.2 Å². The highest BCUT2D eigenvalue weighted by Crippen LogP contribution is 2.31. The van der Waals surface area contributed by atoms with Crippen LogP contribution < -0.4 is 15.0 Å². The number of fused-ring (bicyclic) bond motifs is 1. The molecule has 2 aliphatic heterocycles. The van der Waals surface area contributed by atoms with Gasteiger partial charge in [0.1, 0.15) is 5.75 Å². The molecule has 2 heterocycles. The molecule has 0 atom stereocenters. The van der Waals surface area contributed by atoms with Crippen LogP contribution in [0.2, 0.25) is 0 Å². The van der Waals surface area contributed by atoms with Crippen molar-refractivity contribution in [1.29, 1.82) is 0 Å². The topological polar surface area (TPSA) is 44.8 Å². The fourth-order valence-corrected chi connectivity index (χ4v) is 4.02. The van der Waals surface area contributed by atoms with Gasteiger partial charge in [-0.3, -0.25) is 9.69 Å². The first-order valence-electron chi connectivity index (χ1n) is 10.6. The number of aryl methyl sites for hydroxylation is 1. The van der Waals surface area contributed by atoms with Gasteiger partial charge in [-0.25, -0.2) is 0 Å². The molecular weight excluding hydrogens is 407 g/mol. The average molecular weight is 433 g/mol. The van der Waals surface area contributed by atoms with Crippen LogP contribution in [-0.4, -0.2) is 50.1 Å². The summed E-state index contributed by atoms with van der Waals surface area (Å²) in [5, 5.41) is 2.87. The Balaban J connectivity index is 1.18. The number of anilines is 2. The van der Waals surface area contributed by atoms with Gasteiger partial charge in [-0.05, 0) is 60.9 Å². The lowest BCUT2D eigenvalue weighted by atomic mass is 10.0. The standard InChI is InChI=1S/C23H26F3N3O2/c24-23(25,26)18-3-5-19(6-4-18)29-13-11-28(12-14-29)10-1-15-31-20-7-8-21-17(16-20)2-9-22(30)27-21/h3-8,16H,1-2,9-15H2,(H,27,30).